The van der Waals surface area contributed by atoms with E-state index in [1.54, 1.807) is 6.20 Å². The number of hydrogen-bond donors (Lipinski definition) is 1. The summed E-state index contributed by atoms with van der Waals surface area (Å²) in [7, 11) is 4.02. The fourth-order valence-corrected chi connectivity index (χ4v) is 3.00. The van der Waals surface area contributed by atoms with Crippen molar-refractivity contribution in [3.8, 4) is 0 Å². The third kappa shape index (κ3) is 4.80. The van der Waals surface area contributed by atoms with Crippen LogP contribution in [0.2, 0.25) is 0 Å². The van der Waals surface area contributed by atoms with Crippen LogP contribution in [0, 0.1) is 5.92 Å². The Hall–Kier alpha value is -1.89. The summed E-state index contributed by atoms with van der Waals surface area (Å²) < 4.78 is 1.81. The Balaban J connectivity index is 1.88. The van der Waals surface area contributed by atoms with E-state index in [-0.39, 0.29) is 23.8 Å². The Morgan fingerprint density at radius 1 is 1.50 bits per heavy atom. The number of hydrogen-bond acceptors (Lipinski definition) is 4. The summed E-state index contributed by atoms with van der Waals surface area (Å²) in [6, 6.07) is 0.203. The van der Waals surface area contributed by atoms with Crippen LogP contribution >= 0.6 is 0 Å². The normalized spacial score (nSPS) is 19.1. The molecule has 1 fully saturated rings. The van der Waals surface area contributed by atoms with Gasteiger partial charge in [-0.2, -0.15) is 5.10 Å². The number of rotatable bonds is 8. The summed E-state index contributed by atoms with van der Waals surface area (Å²) in [5, 5.41) is 7.14. The van der Waals surface area contributed by atoms with Gasteiger partial charge in [0, 0.05) is 31.7 Å². The lowest BCUT2D eigenvalue weighted by molar-refractivity contribution is -0.129. The molecule has 2 atom stereocenters. The largest absolute Gasteiger partial charge is 0.339 e. The summed E-state index contributed by atoms with van der Waals surface area (Å²) in [5.74, 6) is -0.290. The number of likely N-dealkylation sites (N-methyl/N-ethyl adjacent to an activating group) is 1. The Morgan fingerprint density at radius 3 is 2.92 bits per heavy atom. The Kier molecular flexibility index (Phi) is 6.36. The number of nitrogens with one attached hydrogen (secondary N) is 1. The zero-order valence-electron chi connectivity index (χ0n) is 15.2. The van der Waals surface area contributed by atoms with Crippen molar-refractivity contribution in [2.75, 3.05) is 32.5 Å². The molecule has 2 heterocycles. The molecule has 7 nitrogen and oxygen atoms in total. The minimum absolute atomic E-state index is 0.0813. The van der Waals surface area contributed by atoms with E-state index in [0.717, 1.165) is 25.9 Å². The molecular weight excluding hydrogens is 306 g/mol. The Labute approximate surface area is 144 Å². The van der Waals surface area contributed by atoms with Gasteiger partial charge in [0.15, 0.2) is 0 Å². The Bertz CT molecular complexity index is 569. The molecule has 1 N–H and O–H groups in total. The lowest BCUT2D eigenvalue weighted by Gasteiger charge is -2.24. The van der Waals surface area contributed by atoms with Crippen LogP contribution in [0.15, 0.2) is 12.4 Å². The fraction of sp³-hybridized carbons (Fsp3) is 0.706. The van der Waals surface area contributed by atoms with Gasteiger partial charge in [-0.1, -0.05) is 13.3 Å². The van der Waals surface area contributed by atoms with Crippen LogP contribution in [0.5, 0.6) is 0 Å². The molecule has 1 aliphatic rings. The number of anilines is 1. The molecule has 1 aromatic rings. The van der Waals surface area contributed by atoms with Crippen molar-refractivity contribution in [3.05, 3.63) is 12.4 Å². The van der Waals surface area contributed by atoms with Gasteiger partial charge in [0.1, 0.15) is 0 Å². The third-order valence-corrected chi connectivity index (χ3v) is 4.44. The number of aromatic nitrogens is 2. The molecule has 1 aromatic heterocycles. The highest BCUT2D eigenvalue weighted by Crippen LogP contribution is 2.23. The lowest BCUT2D eigenvalue weighted by atomic mass is 10.1. The van der Waals surface area contributed by atoms with Gasteiger partial charge in [-0.15, -0.1) is 0 Å². The summed E-state index contributed by atoms with van der Waals surface area (Å²) in [5.41, 5.74) is 0.686. The first-order valence-electron chi connectivity index (χ1n) is 8.68. The van der Waals surface area contributed by atoms with Crippen LogP contribution in [-0.4, -0.2) is 64.6 Å². The van der Waals surface area contributed by atoms with Gasteiger partial charge in [0.2, 0.25) is 11.8 Å². The van der Waals surface area contributed by atoms with Gasteiger partial charge in [-0.05, 0) is 27.4 Å². The predicted octanol–water partition coefficient (Wildman–Crippen LogP) is 1.42. The number of likely N-dealkylation sites (tertiary alicyclic amines) is 1. The first-order chi connectivity index (χ1) is 11.4. The molecule has 7 heteroatoms. The highest BCUT2D eigenvalue weighted by molar-refractivity contribution is 5.97. The zero-order chi connectivity index (χ0) is 17.7. The van der Waals surface area contributed by atoms with Gasteiger partial charge in [0.25, 0.3) is 0 Å². The van der Waals surface area contributed by atoms with Gasteiger partial charge in [0.05, 0.1) is 24.3 Å². The minimum Gasteiger partial charge on any atom is -0.339 e. The summed E-state index contributed by atoms with van der Waals surface area (Å²) in [6.45, 7) is 6.33. The molecule has 0 bridgehead atoms. The second kappa shape index (κ2) is 8.28. The van der Waals surface area contributed by atoms with Crippen LogP contribution in [0.3, 0.4) is 0 Å². The standard InChI is InChI=1S/C17H29N5O2/c1-5-6-13(2)22-11-14(9-16(22)23)17(24)19-15-10-18-21(12-15)8-7-20(3)4/h10,12-14H,5-9,11H2,1-4H3,(H,19,24)/t13-,14+/m1/s1. The van der Waals surface area contributed by atoms with Crippen molar-refractivity contribution in [2.24, 2.45) is 5.92 Å². The highest BCUT2D eigenvalue weighted by Gasteiger charge is 2.36. The molecule has 1 aliphatic heterocycles. The van der Waals surface area contributed by atoms with E-state index in [4.69, 9.17) is 0 Å². The second-order valence-electron chi connectivity index (χ2n) is 6.87. The van der Waals surface area contributed by atoms with Crippen molar-refractivity contribution in [2.45, 2.75) is 45.7 Å². The summed E-state index contributed by atoms with van der Waals surface area (Å²) in [6.07, 6.45) is 5.79. The van der Waals surface area contributed by atoms with Crippen molar-refractivity contribution in [1.29, 1.82) is 0 Å². The smallest absolute Gasteiger partial charge is 0.229 e. The highest BCUT2D eigenvalue weighted by atomic mass is 16.2. The maximum Gasteiger partial charge on any atom is 0.229 e. The minimum atomic E-state index is -0.276. The van der Waals surface area contributed by atoms with Crippen LogP contribution < -0.4 is 5.32 Å². The molecule has 0 aromatic carbocycles. The fourth-order valence-electron chi connectivity index (χ4n) is 3.00. The molecule has 0 unspecified atom stereocenters. The van der Waals surface area contributed by atoms with Gasteiger partial charge >= 0.3 is 0 Å². The molecule has 2 amide bonds. The van der Waals surface area contributed by atoms with Crippen molar-refractivity contribution in [3.63, 3.8) is 0 Å². The number of carbonyl (C=O) groups is 2. The van der Waals surface area contributed by atoms with E-state index in [9.17, 15) is 9.59 Å². The van der Waals surface area contributed by atoms with Crippen LogP contribution in [0.1, 0.15) is 33.1 Å². The molecule has 134 valence electrons. The first-order valence-corrected chi connectivity index (χ1v) is 8.68. The Morgan fingerprint density at radius 2 is 2.25 bits per heavy atom. The molecule has 0 saturated carbocycles. The van der Waals surface area contributed by atoms with E-state index in [2.05, 4.69) is 29.2 Å². The van der Waals surface area contributed by atoms with E-state index in [1.807, 2.05) is 29.9 Å². The average Bonchev–Trinajstić information content (AvgIpc) is 3.12. The van der Waals surface area contributed by atoms with E-state index < -0.39 is 0 Å². The summed E-state index contributed by atoms with van der Waals surface area (Å²) >= 11 is 0. The van der Waals surface area contributed by atoms with Crippen LogP contribution in [0.25, 0.3) is 0 Å². The lowest BCUT2D eigenvalue weighted by Crippen LogP contribution is -2.35. The van der Waals surface area contributed by atoms with Crippen LogP contribution in [0.4, 0.5) is 5.69 Å². The second-order valence-corrected chi connectivity index (χ2v) is 6.87. The summed E-state index contributed by atoms with van der Waals surface area (Å²) in [4.78, 5) is 28.5. The number of amides is 2. The van der Waals surface area contributed by atoms with Gasteiger partial charge in [-0.25, -0.2) is 0 Å². The third-order valence-electron chi connectivity index (χ3n) is 4.44. The van der Waals surface area contributed by atoms with Gasteiger partial charge in [-0.3, -0.25) is 14.3 Å². The first kappa shape index (κ1) is 18.4. The maximum atomic E-state index is 12.4. The molecular formula is C17H29N5O2. The molecule has 0 aliphatic carbocycles. The maximum absolute atomic E-state index is 12.4. The average molecular weight is 335 g/mol. The van der Waals surface area contributed by atoms with Crippen molar-refractivity contribution < 1.29 is 9.59 Å². The monoisotopic (exact) mass is 335 g/mol. The molecule has 1 saturated heterocycles. The van der Waals surface area contributed by atoms with Crippen molar-refractivity contribution >= 4 is 17.5 Å². The topological polar surface area (TPSA) is 70.5 Å². The molecule has 2 rings (SSSR count). The SMILES string of the molecule is CCC[C@@H](C)N1C[C@@H](C(=O)Nc2cnn(CCN(C)C)c2)CC1=O. The molecule has 0 spiro atoms. The van der Waals surface area contributed by atoms with Crippen LogP contribution in [-0.2, 0) is 16.1 Å². The number of nitrogens with zero attached hydrogens (tertiary/aromatic N) is 4. The molecule has 24 heavy (non-hydrogen) atoms. The zero-order valence-corrected chi connectivity index (χ0v) is 15.2. The predicted molar refractivity (Wildman–Crippen MR) is 93.6 cm³/mol. The van der Waals surface area contributed by atoms with Gasteiger partial charge < -0.3 is 15.1 Å². The number of carbonyl (C=O) groups excluding carboxylic acids is 2. The van der Waals surface area contributed by atoms with E-state index >= 15 is 0 Å². The van der Waals surface area contributed by atoms with E-state index in [0.29, 0.717) is 18.7 Å². The molecule has 0 radical (unpaired) electrons. The quantitative estimate of drug-likeness (QED) is 0.780. The van der Waals surface area contributed by atoms with E-state index in [1.165, 1.54) is 0 Å². The van der Waals surface area contributed by atoms with Crippen molar-refractivity contribution in [1.82, 2.24) is 19.6 Å².